The van der Waals surface area contributed by atoms with Gasteiger partial charge in [-0.05, 0) is 19.4 Å². The number of carbonyl (C=O) groups is 1. The van der Waals surface area contributed by atoms with Crippen LogP contribution in [0.1, 0.15) is 19.3 Å². The molecule has 0 saturated carbocycles. The Morgan fingerprint density at radius 1 is 1.64 bits per heavy atom. The molecule has 11 heavy (non-hydrogen) atoms. The Labute approximate surface area is 65.2 Å². The predicted molar refractivity (Wildman–Crippen MR) is 39.3 cm³/mol. The van der Waals surface area contributed by atoms with Crippen LogP contribution < -0.4 is 5.32 Å². The van der Waals surface area contributed by atoms with Crippen molar-refractivity contribution in [3.63, 3.8) is 0 Å². The van der Waals surface area contributed by atoms with Gasteiger partial charge >= 0.3 is 5.97 Å². The van der Waals surface area contributed by atoms with E-state index in [9.17, 15) is 9.90 Å². The van der Waals surface area contributed by atoms with Crippen molar-refractivity contribution < 1.29 is 15.0 Å². The van der Waals surface area contributed by atoms with Gasteiger partial charge in [0, 0.05) is 12.5 Å². The maximum Gasteiger partial charge on any atom is 0.303 e. The smallest absolute Gasteiger partial charge is 0.303 e. The first kappa shape index (κ1) is 8.49. The fourth-order valence-corrected chi connectivity index (χ4v) is 1.33. The molecule has 1 saturated heterocycles. The zero-order valence-corrected chi connectivity index (χ0v) is 6.29. The van der Waals surface area contributed by atoms with E-state index in [0.717, 1.165) is 13.0 Å². The molecule has 3 N–H and O–H groups in total. The topological polar surface area (TPSA) is 69.6 Å². The molecule has 0 bridgehead atoms. The third-order valence-corrected chi connectivity index (χ3v) is 1.98. The van der Waals surface area contributed by atoms with E-state index in [1.807, 2.05) is 0 Å². The number of rotatable bonds is 3. The van der Waals surface area contributed by atoms with Gasteiger partial charge in [0.15, 0.2) is 0 Å². The van der Waals surface area contributed by atoms with Gasteiger partial charge in [0.2, 0.25) is 0 Å². The van der Waals surface area contributed by atoms with Crippen LogP contribution in [0, 0.1) is 0 Å². The number of carboxylic acids is 1. The summed E-state index contributed by atoms with van der Waals surface area (Å²) in [7, 11) is 0. The monoisotopic (exact) mass is 159 g/mol. The molecule has 1 rings (SSSR count). The predicted octanol–water partition coefficient (Wildman–Crippen LogP) is -0.426. The molecule has 0 radical (unpaired) electrons. The van der Waals surface area contributed by atoms with Crippen LogP contribution in [0.4, 0.5) is 0 Å². The van der Waals surface area contributed by atoms with E-state index in [0.29, 0.717) is 6.42 Å². The number of carboxylic acid groups (broad SMARTS) is 1. The molecule has 1 heterocycles. The van der Waals surface area contributed by atoms with Gasteiger partial charge < -0.3 is 15.5 Å². The first-order valence-electron chi connectivity index (χ1n) is 3.83. The molecule has 1 aliphatic rings. The Morgan fingerprint density at radius 3 is 2.82 bits per heavy atom. The third-order valence-electron chi connectivity index (χ3n) is 1.98. The zero-order chi connectivity index (χ0) is 8.27. The minimum atomic E-state index is -0.800. The summed E-state index contributed by atoms with van der Waals surface area (Å²) in [6.45, 7) is 0.797. The van der Waals surface area contributed by atoms with E-state index in [4.69, 9.17) is 5.11 Å². The number of aliphatic carboxylic acids is 1. The van der Waals surface area contributed by atoms with E-state index in [1.54, 1.807) is 0 Å². The summed E-state index contributed by atoms with van der Waals surface area (Å²) in [6, 6.07) is -0.00824. The van der Waals surface area contributed by atoms with Gasteiger partial charge in [-0.15, -0.1) is 0 Å². The lowest BCUT2D eigenvalue weighted by molar-refractivity contribution is -0.137. The number of nitrogens with one attached hydrogen (secondary N) is 1. The fourth-order valence-electron chi connectivity index (χ4n) is 1.33. The second-order valence-electron chi connectivity index (χ2n) is 2.85. The molecule has 0 aromatic heterocycles. The van der Waals surface area contributed by atoms with Gasteiger partial charge in [-0.3, -0.25) is 4.79 Å². The van der Waals surface area contributed by atoms with E-state index in [1.165, 1.54) is 0 Å². The normalized spacial score (nSPS) is 30.6. The molecule has 0 amide bonds. The Bertz CT molecular complexity index is 149. The van der Waals surface area contributed by atoms with Crippen molar-refractivity contribution in [2.75, 3.05) is 6.54 Å². The maximum absolute atomic E-state index is 10.2. The van der Waals surface area contributed by atoms with E-state index < -0.39 is 5.97 Å². The molecule has 4 heteroatoms. The van der Waals surface area contributed by atoms with Crippen molar-refractivity contribution in [3.05, 3.63) is 0 Å². The Kier molecular flexibility index (Phi) is 2.84. The number of hydrogen-bond acceptors (Lipinski definition) is 3. The molecule has 0 aromatic rings. The van der Waals surface area contributed by atoms with E-state index in [-0.39, 0.29) is 18.6 Å². The summed E-state index contributed by atoms with van der Waals surface area (Å²) < 4.78 is 0. The standard InChI is InChI=1S/C7H13NO3/c9-6-3-4-8-5(6)1-2-7(10)11/h5-6,8-9H,1-4H2,(H,10,11)/t5-,6+/m0/s1. The molecule has 0 unspecified atom stereocenters. The van der Waals surface area contributed by atoms with Gasteiger partial charge in [0.1, 0.15) is 0 Å². The van der Waals surface area contributed by atoms with Gasteiger partial charge in [-0.25, -0.2) is 0 Å². The van der Waals surface area contributed by atoms with Gasteiger partial charge in [-0.1, -0.05) is 0 Å². The highest BCUT2D eigenvalue weighted by molar-refractivity contribution is 5.66. The molecule has 4 nitrogen and oxygen atoms in total. The molecule has 0 spiro atoms. The number of hydrogen-bond donors (Lipinski definition) is 3. The molecule has 1 fully saturated rings. The summed E-state index contributed by atoms with van der Waals surface area (Å²) in [4.78, 5) is 10.2. The summed E-state index contributed by atoms with van der Waals surface area (Å²) in [5.74, 6) is -0.800. The average Bonchev–Trinajstić information content (AvgIpc) is 2.31. The largest absolute Gasteiger partial charge is 0.481 e. The Morgan fingerprint density at radius 2 is 2.36 bits per heavy atom. The van der Waals surface area contributed by atoms with E-state index >= 15 is 0 Å². The van der Waals surface area contributed by atoms with Crippen LogP contribution in [0.5, 0.6) is 0 Å². The minimum absolute atomic E-state index is 0.00824. The quantitative estimate of drug-likeness (QED) is 0.523. The SMILES string of the molecule is O=C(O)CC[C@@H]1NCC[C@H]1O. The average molecular weight is 159 g/mol. The molecule has 0 aromatic carbocycles. The molecule has 2 atom stereocenters. The number of aliphatic hydroxyl groups excluding tert-OH is 1. The van der Waals surface area contributed by atoms with Crippen molar-refractivity contribution in [3.8, 4) is 0 Å². The van der Waals surface area contributed by atoms with Crippen molar-refractivity contribution >= 4 is 5.97 Å². The van der Waals surface area contributed by atoms with Crippen molar-refractivity contribution in [1.82, 2.24) is 5.32 Å². The van der Waals surface area contributed by atoms with Gasteiger partial charge in [-0.2, -0.15) is 0 Å². The van der Waals surface area contributed by atoms with Crippen LogP contribution in [0.15, 0.2) is 0 Å². The maximum atomic E-state index is 10.2. The van der Waals surface area contributed by atoms with E-state index in [2.05, 4.69) is 5.32 Å². The fraction of sp³-hybridized carbons (Fsp3) is 0.857. The molecular weight excluding hydrogens is 146 g/mol. The molecule has 0 aliphatic carbocycles. The highest BCUT2D eigenvalue weighted by Gasteiger charge is 2.24. The molecule has 1 aliphatic heterocycles. The summed E-state index contributed by atoms with van der Waals surface area (Å²) in [5, 5.41) is 20.6. The lowest BCUT2D eigenvalue weighted by atomic mass is 10.1. The van der Waals surface area contributed by atoms with Crippen LogP contribution in [0.25, 0.3) is 0 Å². The van der Waals surface area contributed by atoms with Crippen LogP contribution in [0.3, 0.4) is 0 Å². The third kappa shape index (κ3) is 2.48. The van der Waals surface area contributed by atoms with Crippen LogP contribution in [-0.2, 0) is 4.79 Å². The summed E-state index contributed by atoms with van der Waals surface area (Å²) >= 11 is 0. The molecular formula is C7H13NO3. The zero-order valence-electron chi connectivity index (χ0n) is 6.29. The highest BCUT2D eigenvalue weighted by atomic mass is 16.4. The van der Waals surface area contributed by atoms with Gasteiger partial charge in [0.25, 0.3) is 0 Å². The first-order valence-corrected chi connectivity index (χ1v) is 3.83. The van der Waals surface area contributed by atoms with Crippen molar-refractivity contribution in [2.45, 2.75) is 31.4 Å². The van der Waals surface area contributed by atoms with Crippen LogP contribution >= 0.6 is 0 Å². The number of aliphatic hydroxyl groups is 1. The Hall–Kier alpha value is -0.610. The first-order chi connectivity index (χ1) is 5.20. The Balaban J connectivity index is 2.20. The van der Waals surface area contributed by atoms with Crippen molar-refractivity contribution in [1.29, 1.82) is 0 Å². The van der Waals surface area contributed by atoms with Crippen LogP contribution in [0.2, 0.25) is 0 Å². The second-order valence-corrected chi connectivity index (χ2v) is 2.85. The van der Waals surface area contributed by atoms with Crippen molar-refractivity contribution in [2.24, 2.45) is 0 Å². The minimum Gasteiger partial charge on any atom is -0.481 e. The lowest BCUT2D eigenvalue weighted by Crippen LogP contribution is -2.30. The summed E-state index contributed by atoms with van der Waals surface area (Å²) in [5.41, 5.74) is 0. The highest BCUT2D eigenvalue weighted by Crippen LogP contribution is 2.11. The molecule has 64 valence electrons. The van der Waals surface area contributed by atoms with Crippen LogP contribution in [-0.4, -0.2) is 34.9 Å². The summed E-state index contributed by atoms with van der Waals surface area (Å²) in [6.07, 6.45) is 1.05. The lowest BCUT2D eigenvalue weighted by Gasteiger charge is -2.12. The second kappa shape index (κ2) is 3.69. The van der Waals surface area contributed by atoms with Gasteiger partial charge in [0.05, 0.1) is 6.10 Å².